The van der Waals surface area contributed by atoms with Crippen molar-refractivity contribution in [2.75, 3.05) is 6.61 Å². The minimum atomic E-state index is -0.196. The predicted octanol–water partition coefficient (Wildman–Crippen LogP) is 5.54. The number of ether oxygens (including phenoxy) is 1. The highest BCUT2D eigenvalue weighted by Crippen LogP contribution is 2.48. The summed E-state index contributed by atoms with van der Waals surface area (Å²) in [5, 5.41) is 1.04. The van der Waals surface area contributed by atoms with Crippen molar-refractivity contribution in [2.24, 2.45) is 5.92 Å². The van der Waals surface area contributed by atoms with Crippen LogP contribution in [0.25, 0.3) is 10.9 Å². The largest absolute Gasteiger partial charge is 0.368 e. The molecule has 2 aromatic rings. The number of fused-ring (bicyclic) bond motifs is 4. The Morgan fingerprint density at radius 1 is 1.16 bits per heavy atom. The molecule has 2 heterocycles. The Hall–Kier alpha value is -1.87. The third kappa shape index (κ3) is 2.48. The minimum absolute atomic E-state index is 0.158. The number of allylic oxidation sites excluding steroid dienone is 4. The molecule has 1 fully saturated rings. The van der Waals surface area contributed by atoms with Crippen LogP contribution in [0.5, 0.6) is 0 Å². The smallest absolute Gasteiger partial charge is 0.123 e. The number of benzene rings is 1. The maximum Gasteiger partial charge on any atom is 0.123 e. The summed E-state index contributed by atoms with van der Waals surface area (Å²) >= 11 is 0. The maximum atomic E-state index is 13.7. The molecule has 1 aliphatic heterocycles. The SMILES string of the molecule is Fc1ccc2[nH]c3c(c2c1)CCOC31CCC(C2=CCCC=C2)CC1. The van der Waals surface area contributed by atoms with E-state index in [4.69, 9.17) is 4.74 Å². The highest BCUT2D eigenvalue weighted by Gasteiger charge is 2.43. The quantitative estimate of drug-likeness (QED) is 0.726. The lowest BCUT2D eigenvalue weighted by Crippen LogP contribution is -2.39. The van der Waals surface area contributed by atoms with Gasteiger partial charge in [-0.25, -0.2) is 4.39 Å². The van der Waals surface area contributed by atoms with Gasteiger partial charge in [0.25, 0.3) is 0 Å². The van der Waals surface area contributed by atoms with E-state index in [0.717, 1.165) is 36.8 Å². The number of hydrogen-bond acceptors (Lipinski definition) is 1. The molecule has 0 radical (unpaired) electrons. The molecule has 130 valence electrons. The average molecular weight is 337 g/mol. The Morgan fingerprint density at radius 2 is 2.04 bits per heavy atom. The summed E-state index contributed by atoms with van der Waals surface area (Å²) in [6, 6.07) is 5.07. The monoisotopic (exact) mass is 337 g/mol. The van der Waals surface area contributed by atoms with Gasteiger partial charge in [-0.15, -0.1) is 0 Å². The zero-order valence-corrected chi connectivity index (χ0v) is 14.5. The first-order chi connectivity index (χ1) is 12.3. The van der Waals surface area contributed by atoms with E-state index in [1.807, 2.05) is 6.07 Å². The van der Waals surface area contributed by atoms with Gasteiger partial charge >= 0.3 is 0 Å². The van der Waals surface area contributed by atoms with Gasteiger partial charge in [0.1, 0.15) is 11.4 Å². The van der Waals surface area contributed by atoms with Gasteiger partial charge in [-0.3, -0.25) is 0 Å². The second-order valence-electron chi connectivity index (χ2n) is 7.72. The molecule has 2 aliphatic carbocycles. The summed E-state index contributed by atoms with van der Waals surface area (Å²) < 4.78 is 20.1. The van der Waals surface area contributed by atoms with Gasteiger partial charge in [-0.05, 0) is 80.2 Å². The van der Waals surface area contributed by atoms with Crippen molar-refractivity contribution >= 4 is 10.9 Å². The van der Waals surface area contributed by atoms with E-state index in [0.29, 0.717) is 5.92 Å². The van der Waals surface area contributed by atoms with Crippen molar-refractivity contribution in [2.45, 2.75) is 50.5 Å². The molecule has 0 amide bonds. The second-order valence-corrected chi connectivity index (χ2v) is 7.72. The van der Waals surface area contributed by atoms with Crippen LogP contribution in [0, 0.1) is 11.7 Å². The molecule has 1 N–H and O–H groups in total. The summed E-state index contributed by atoms with van der Waals surface area (Å²) in [6.45, 7) is 0.740. The molecule has 0 atom stereocenters. The van der Waals surface area contributed by atoms with Crippen LogP contribution in [0.4, 0.5) is 4.39 Å². The predicted molar refractivity (Wildman–Crippen MR) is 98.0 cm³/mol. The topological polar surface area (TPSA) is 25.0 Å². The number of halogens is 1. The Kier molecular flexibility index (Phi) is 3.60. The number of rotatable bonds is 1. The summed E-state index contributed by atoms with van der Waals surface area (Å²) in [7, 11) is 0. The van der Waals surface area contributed by atoms with Crippen molar-refractivity contribution in [3.63, 3.8) is 0 Å². The van der Waals surface area contributed by atoms with Gasteiger partial charge in [-0.1, -0.05) is 18.2 Å². The zero-order chi connectivity index (χ0) is 16.9. The van der Waals surface area contributed by atoms with Crippen molar-refractivity contribution in [1.29, 1.82) is 0 Å². The van der Waals surface area contributed by atoms with E-state index in [2.05, 4.69) is 23.2 Å². The van der Waals surface area contributed by atoms with Gasteiger partial charge in [0.15, 0.2) is 0 Å². The molecule has 2 nitrogen and oxygen atoms in total. The third-order valence-corrected chi connectivity index (χ3v) is 6.34. The van der Waals surface area contributed by atoms with E-state index < -0.39 is 0 Å². The van der Waals surface area contributed by atoms with Crippen molar-refractivity contribution in [1.82, 2.24) is 4.98 Å². The molecule has 0 bridgehead atoms. The standard InChI is InChI=1S/C22H24FNO/c23-17-6-7-20-19(14-17)18-10-13-25-22(21(18)24-20)11-8-16(9-12-22)15-4-2-1-3-5-15/h2,4-7,14,16,24H,1,3,8-13H2. The van der Waals surface area contributed by atoms with Gasteiger partial charge in [0, 0.05) is 10.9 Å². The van der Waals surface area contributed by atoms with Crippen molar-refractivity contribution in [3.05, 3.63) is 59.1 Å². The van der Waals surface area contributed by atoms with Crippen LogP contribution in [0.15, 0.2) is 42.0 Å². The first-order valence-corrected chi connectivity index (χ1v) is 9.56. The number of aromatic amines is 1. The molecule has 25 heavy (non-hydrogen) atoms. The molecule has 3 heteroatoms. The fourth-order valence-corrected chi connectivity index (χ4v) is 5.04. The fraction of sp³-hybridized carbons (Fsp3) is 0.455. The molecule has 1 saturated carbocycles. The zero-order valence-electron chi connectivity index (χ0n) is 14.5. The number of aromatic nitrogens is 1. The van der Waals surface area contributed by atoms with E-state index in [9.17, 15) is 4.39 Å². The second kappa shape index (κ2) is 5.84. The van der Waals surface area contributed by atoms with Crippen LogP contribution >= 0.6 is 0 Å². The van der Waals surface area contributed by atoms with Crippen molar-refractivity contribution in [3.8, 4) is 0 Å². The molecule has 5 rings (SSSR count). The number of hydrogen-bond donors (Lipinski definition) is 1. The summed E-state index contributed by atoms with van der Waals surface area (Å²) in [5.74, 6) is 0.507. The van der Waals surface area contributed by atoms with Gasteiger partial charge in [0.2, 0.25) is 0 Å². The highest BCUT2D eigenvalue weighted by molar-refractivity contribution is 5.85. The van der Waals surface area contributed by atoms with Crippen LogP contribution in [0.2, 0.25) is 0 Å². The fourth-order valence-electron chi connectivity index (χ4n) is 5.04. The molecule has 1 aromatic heterocycles. The van der Waals surface area contributed by atoms with Crippen LogP contribution in [-0.2, 0) is 16.8 Å². The minimum Gasteiger partial charge on any atom is -0.368 e. The molecule has 0 saturated heterocycles. The Labute approximate surface area is 147 Å². The molecule has 1 spiro atoms. The Morgan fingerprint density at radius 3 is 2.84 bits per heavy atom. The summed E-state index contributed by atoms with van der Waals surface area (Å²) in [5.41, 5.74) is 4.85. The molecular formula is C22H24FNO. The van der Waals surface area contributed by atoms with E-state index in [1.165, 1.54) is 48.6 Å². The van der Waals surface area contributed by atoms with Crippen LogP contribution in [0.3, 0.4) is 0 Å². The van der Waals surface area contributed by atoms with E-state index >= 15 is 0 Å². The lowest BCUT2D eigenvalue weighted by atomic mass is 9.72. The normalized spacial score (nSPS) is 29.0. The molecule has 1 aromatic carbocycles. The lowest BCUT2D eigenvalue weighted by Gasteiger charge is -2.43. The maximum absolute atomic E-state index is 13.7. The van der Waals surface area contributed by atoms with Gasteiger partial charge < -0.3 is 9.72 Å². The first kappa shape index (κ1) is 15.4. The summed E-state index contributed by atoms with van der Waals surface area (Å²) in [4.78, 5) is 3.58. The highest BCUT2D eigenvalue weighted by atomic mass is 19.1. The van der Waals surface area contributed by atoms with E-state index in [1.54, 1.807) is 6.07 Å². The Bertz CT molecular complexity index is 868. The first-order valence-electron chi connectivity index (χ1n) is 9.56. The van der Waals surface area contributed by atoms with E-state index in [-0.39, 0.29) is 11.4 Å². The van der Waals surface area contributed by atoms with Crippen LogP contribution in [-0.4, -0.2) is 11.6 Å². The lowest BCUT2D eigenvalue weighted by molar-refractivity contribution is -0.0924. The molecule has 3 aliphatic rings. The Balaban J connectivity index is 1.47. The average Bonchev–Trinajstić information content (AvgIpc) is 3.03. The molecule has 0 unspecified atom stereocenters. The third-order valence-electron chi connectivity index (χ3n) is 6.34. The van der Waals surface area contributed by atoms with Gasteiger partial charge in [0.05, 0.1) is 12.3 Å². The van der Waals surface area contributed by atoms with Gasteiger partial charge in [-0.2, -0.15) is 0 Å². The van der Waals surface area contributed by atoms with Crippen LogP contribution < -0.4 is 0 Å². The summed E-state index contributed by atoms with van der Waals surface area (Å²) in [6.07, 6.45) is 14.7. The number of nitrogens with one attached hydrogen (secondary N) is 1. The molecular weight excluding hydrogens is 313 g/mol. The van der Waals surface area contributed by atoms with Crippen molar-refractivity contribution < 1.29 is 9.13 Å². The number of H-pyrrole nitrogens is 1. The van der Waals surface area contributed by atoms with Crippen LogP contribution in [0.1, 0.15) is 49.8 Å².